The minimum Gasteiger partial charge on any atom is -0.434 e. The molecule has 0 amide bonds. The summed E-state index contributed by atoms with van der Waals surface area (Å²) in [5, 5.41) is 12.7. The largest absolute Gasteiger partial charge is 0.434 e. The molecule has 0 bridgehead atoms. The van der Waals surface area contributed by atoms with Crippen molar-refractivity contribution in [3.05, 3.63) is 30.2 Å². The van der Waals surface area contributed by atoms with E-state index in [0.29, 0.717) is 11.3 Å². The number of nitriles is 1. The number of hydrogen-bond acceptors (Lipinski definition) is 5. The highest BCUT2D eigenvalue weighted by atomic mass is 16.5. The number of nitrogens with zero attached hydrogens (tertiary/aromatic N) is 4. The van der Waals surface area contributed by atoms with Gasteiger partial charge in [0, 0.05) is 13.2 Å². The zero-order valence-corrected chi connectivity index (χ0v) is 8.58. The van der Waals surface area contributed by atoms with Crippen LogP contribution in [-0.4, -0.2) is 14.8 Å². The number of nitrogen functional groups attached to an aromatic ring is 1. The third-order valence-corrected chi connectivity index (χ3v) is 1.97. The molecule has 2 heterocycles. The zero-order valence-electron chi connectivity index (χ0n) is 8.58. The van der Waals surface area contributed by atoms with Gasteiger partial charge in [-0.2, -0.15) is 10.4 Å². The highest BCUT2D eigenvalue weighted by Gasteiger charge is 2.08. The fourth-order valence-electron chi connectivity index (χ4n) is 1.20. The van der Waals surface area contributed by atoms with Crippen molar-refractivity contribution in [1.82, 2.24) is 14.8 Å². The number of hydrogen-bond donors (Lipinski definition) is 1. The van der Waals surface area contributed by atoms with Crippen LogP contribution in [0.4, 0.5) is 5.69 Å². The second-order valence-electron chi connectivity index (χ2n) is 3.14. The molecule has 6 nitrogen and oxygen atoms in total. The van der Waals surface area contributed by atoms with Crippen LogP contribution in [0.15, 0.2) is 24.7 Å². The average molecular weight is 215 g/mol. The summed E-state index contributed by atoms with van der Waals surface area (Å²) >= 11 is 0. The van der Waals surface area contributed by atoms with Crippen LogP contribution >= 0.6 is 0 Å². The zero-order chi connectivity index (χ0) is 11.5. The summed E-state index contributed by atoms with van der Waals surface area (Å²) in [6, 6.07) is 3.49. The van der Waals surface area contributed by atoms with Crippen molar-refractivity contribution in [2.24, 2.45) is 7.05 Å². The lowest BCUT2D eigenvalue weighted by atomic mass is 10.2. The number of pyridine rings is 1. The third-order valence-electron chi connectivity index (χ3n) is 1.97. The van der Waals surface area contributed by atoms with E-state index in [2.05, 4.69) is 10.1 Å². The maximum atomic E-state index is 8.78. The van der Waals surface area contributed by atoms with Gasteiger partial charge < -0.3 is 10.5 Å². The van der Waals surface area contributed by atoms with Crippen molar-refractivity contribution in [3.8, 4) is 17.7 Å². The summed E-state index contributed by atoms with van der Waals surface area (Å²) in [5.41, 5.74) is 6.28. The summed E-state index contributed by atoms with van der Waals surface area (Å²) < 4.78 is 7.00. The molecule has 0 unspecified atom stereocenters. The van der Waals surface area contributed by atoms with E-state index in [1.54, 1.807) is 24.1 Å². The lowest BCUT2D eigenvalue weighted by Gasteiger charge is -2.05. The van der Waals surface area contributed by atoms with Crippen molar-refractivity contribution in [2.75, 3.05) is 5.73 Å². The van der Waals surface area contributed by atoms with Gasteiger partial charge >= 0.3 is 0 Å². The highest BCUT2D eigenvalue weighted by molar-refractivity contribution is 5.60. The van der Waals surface area contributed by atoms with E-state index in [-0.39, 0.29) is 11.6 Å². The van der Waals surface area contributed by atoms with E-state index >= 15 is 0 Å². The highest BCUT2D eigenvalue weighted by Crippen LogP contribution is 2.26. The summed E-state index contributed by atoms with van der Waals surface area (Å²) in [5.74, 6) is 0.740. The van der Waals surface area contributed by atoms with Crippen LogP contribution in [0.5, 0.6) is 11.6 Å². The summed E-state index contributed by atoms with van der Waals surface area (Å²) in [7, 11) is 1.77. The molecule has 2 aromatic heterocycles. The quantitative estimate of drug-likeness (QED) is 0.808. The van der Waals surface area contributed by atoms with Gasteiger partial charge in [-0.1, -0.05) is 0 Å². The van der Waals surface area contributed by atoms with Gasteiger partial charge in [0.2, 0.25) is 5.88 Å². The van der Waals surface area contributed by atoms with E-state index < -0.39 is 0 Å². The first-order valence-corrected chi connectivity index (χ1v) is 4.52. The Bertz CT molecular complexity index is 555. The number of aromatic nitrogens is 3. The fraction of sp³-hybridized carbons (Fsp3) is 0.100. The second-order valence-corrected chi connectivity index (χ2v) is 3.14. The number of ether oxygens (including phenoxy) is 1. The molecule has 0 saturated heterocycles. The van der Waals surface area contributed by atoms with Crippen molar-refractivity contribution < 1.29 is 4.74 Å². The predicted octanol–water partition coefficient (Wildman–Crippen LogP) is 1.06. The molecule has 0 saturated carbocycles. The van der Waals surface area contributed by atoms with Gasteiger partial charge in [-0.15, -0.1) is 0 Å². The summed E-state index contributed by atoms with van der Waals surface area (Å²) in [6.07, 6.45) is 4.70. The third kappa shape index (κ3) is 1.79. The van der Waals surface area contributed by atoms with E-state index in [9.17, 15) is 0 Å². The Labute approximate surface area is 91.9 Å². The van der Waals surface area contributed by atoms with Gasteiger partial charge in [0.25, 0.3) is 0 Å². The van der Waals surface area contributed by atoms with Gasteiger partial charge in [0.1, 0.15) is 11.8 Å². The first kappa shape index (κ1) is 9.98. The van der Waals surface area contributed by atoms with Crippen LogP contribution in [0, 0.1) is 11.3 Å². The van der Waals surface area contributed by atoms with Crippen LogP contribution in [0.3, 0.4) is 0 Å². The van der Waals surface area contributed by atoms with E-state index in [4.69, 9.17) is 15.7 Å². The number of nitrogens with two attached hydrogens (primary N) is 1. The van der Waals surface area contributed by atoms with Crippen LogP contribution in [0.1, 0.15) is 5.56 Å². The minimum atomic E-state index is 0.215. The molecule has 0 aliphatic carbocycles. The Hall–Kier alpha value is -2.55. The molecular weight excluding hydrogens is 206 g/mol. The van der Waals surface area contributed by atoms with Crippen molar-refractivity contribution in [3.63, 3.8) is 0 Å². The molecule has 2 aromatic rings. The molecule has 6 heteroatoms. The minimum absolute atomic E-state index is 0.215. The Kier molecular flexibility index (Phi) is 2.44. The first-order valence-electron chi connectivity index (χ1n) is 4.52. The number of rotatable bonds is 2. The van der Waals surface area contributed by atoms with E-state index in [1.165, 1.54) is 12.3 Å². The van der Waals surface area contributed by atoms with Crippen LogP contribution in [0.25, 0.3) is 0 Å². The van der Waals surface area contributed by atoms with Crippen LogP contribution < -0.4 is 10.5 Å². The first-order chi connectivity index (χ1) is 7.70. The average Bonchev–Trinajstić information content (AvgIpc) is 2.67. The lowest BCUT2D eigenvalue weighted by Crippen LogP contribution is -1.97. The lowest BCUT2D eigenvalue weighted by molar-refractivity contribution is 0.465. The topological polar surface area (TPSA) is 89.8 Å². The van der Waals surface area contributed by atoms with Crippen molar-refractivity contribution >= 4 is 5.69 Å². The van der Waals surface area contributed by atoms with Gasteiger partial charge in [-0.05, 0) is 6.07 Å². The molecule has 16 heavy (non-hydrogen) atoms. The standard InChI is InChI=1S/C10H9N5O/c1-15-6-8(5-14-15)16-10-9(12)7(4-11)2-3-13-10/h2-3,5-6H,12H2,1H3. The molecular formula is C10H9N5O. The molecule has 0 aliphatic rings. The molecule has 0 fully saturated rings. The molecule has 80 valence electrons. The summed E-state index contributed by atoms with van der Waals surface area (Å²) in [6.45, 7) is 0. The maximum absolute atomic E-state index is 8.78. The van der Waals surface area contributed by atoms with Gasteiger partial charge in [0.05, 0.1) is 18.0 Å². The van der Waals surface area contributed by atoms with E-state index in [0.717, 1.165) is 0 Å². The molecule has 2 rings (SSSR count). The van der Waals surface area contributed by atoms with E-state index in [1.807, 2.05) is 6.07 Å². The van der Waals surface area contributed by atoms with Crippen LogP contribution in [-0.2, 0) is 7.05 Å². The molecule has 0 aromatic carbocycles. The molecule has 0 atom stereocenters. The smallest absolute Gasteiger partial charge is 0.244 e. The molecule has 0 aliphatic heterocycles. The molecule has 0 spiro atoms. The van der Waals surface area contributed by atoms with Gasteiger partial charge in [-0.3, -0.25) is 4.68 Å². The predicted molar refractivity (Wildman–Crippen MR) is 56.6 cm³/mol. The second kappa shape index (κ2) is 3.90. The summed E-state index contributed by atoms with van der Waals surface area (Å²) in [4.78, 5) is 3.96. The molecule has 2 N–H and O–H groups in total. The Morgan fingerprint density at radius 2 is 2.38 bits per heavy atom. The van der Waals surface area contributed by atoms with Crippen molar-refractivity contribution in [2.45, 2.75) is 0 Å². The van der Waals surface area contributed by atoms with Crippen molar-refractivity contribution in [1.29, 1.82) is 5.26 Å². The normalized spacial score (nSPS) is 9.75. The maximum Gasteiger partial charge on any atom is 0.244 e. The number of aryl methyl sites for hydroxylation is 1. The molecule has 0 radical (unpaired) electrons. The van der Waals surface area contributed by atoms with Crippen LogP contribution in [0.2, 0.25) is 0 Å². The Morgan fingerprint density at radius 3 is 3.00 bits per heavy atom. The van der Waals surface area contributed by atoms with Gasteiger partial charge in [-0.25, -0.2) is 4.98 Å². The Balaban J connectivity index is 2.32. The van der Waals surface area contributed by atoms with Gasteiger partial charge in [0.15, 0.2) is 5.75 Å². The monoisotopic (exact) mass is 215 g/mol. The Morgan fingerprint density at radius 1 is 1.56 bits per heavy atom. The number of anilines is 1. The fourth-order valence-corrected chi connectivity index (χ4v) is 1.20. The SMILES string of the molecule is Cn1cc(Oc2nccc(C#N)c2N)cn1.